The van der Waals surface area contributed by atoms with Crippen LogP contribution in [0.3, 0.4) is 0 Å². The molecule has 1 atom stereocenters. The Morgan fingerprint density at radius 3 is 2.42 bits per heavy atom. The molecule has 3 nitrogen and oxygen atoms in total. The molecular weight excluding hydrogens is 152 g/mol. The van der Waals surface area contributed by atoms with Crippen LogP contribution in [0.25, 0.3) is 0 Å². The Kier molecular flexibility index (Phi) is 2.84. The third-order valence-electron chi connectivity index (χ3n) is 2.11. The highest BCUT2D eigenvalue weighted by atomic mass is 16.5. The fraction of sp³-hybridized carbons (Fsp3) is 0.778. The van der Waals surface area contributed by atoms with Gasteiger partial charge in [-0.3, -0.25) is 0 Å². The standard InChI is InChI=1S/C9H16N2O/c1-5-8(6(2)3)9-10-7(4)11-12-9/h6,8H,5H2,1-4H3/t8-/m0/s1. The van der Waals surface area contributed by atoms with Crippen molar-refractivity contribution >= 4 is 0 Å². The van der Waals surface area contributed by atoms with E-state index < -0.39 is 0 Å². The van der Waals surface area contributed by atoms with Gasteiger partial charge in [-0.15, -0.1) is 0 Å². The fourth-order valence-corrected chi connectivity index (χ4v) is 1.39. The second-order valence-electron chi connectivity index (χ2n) is 3.44. The van der Waals surface area contributed by atoms with Crippen LogP contribution < -0.4 is 0 Å². The highest BCUT2D eigenvalue weighted by molar-refractivity contribution is 4.93. The minimum absolute atomic E-state index is 0.409. The first-order valence-corrected chi connectivity index (χ1v) is 4.45. The third kappa shape index (κ3) is 1.84. The van der Waals surface area contributed by atoms with Gasteiger partial charge in [-0.05, 0) is 19.3 Å². The molecule has 0 spiro atoms. The second kappa shape index (κ2) is 3.70. The highest BCUT2D eigenvalue weighted by Gasteiger charge is 2.19. The van der Waals surface area contributed by atoms with Gasteiger partial charge in [-0.1, -0.05) is 25.9 Å². The summed E-state index contributed by atoms with van der Waals surface area (Å²) in [5.41, 5.74) is 0. The van der Waals surface area contributed by atoms with Gasteiger partial charge < -0.3 is 4.52 Å². The zero-order chi connectivity index (χ0) is 9.14. The molecule has 0 saturated heterocycles. The van der Waals surface area contributed by atoms with Crippen LogP contribution in [0.2, 0.25) is 0 Å². The number of hydrogen-bond acceptors (Lipinski definition) is 3. The first-order valence-electron chi connectivity index (χ1n) is 4.45. The second-order valence-corrected chi connectivity index (χ2v) is 3.44. The monoisotopic (exact) mass is 168 g/mol. The van der Waals surface area contributed by atoms with Crippen molar-refractivity contribution in [2.45, 2.75) is 40.0 Å². The summed E-state index contributed by atoms with van der Waals surface area (Å²) in [4.78, 5) is 4.23. The van der Waals surface area contributed by atoms with E-state index in [0.29, 0.717) is 11.8 Å². The minimum Gasteiger partial charge on any atom is -0.339 e. The largest absolute Gasteiger partial charge is 0.339 e. The van der Waals surface area contributed by atoms with E-state index in [1.807, 2.05) is 6.92 Å². The van der Waals surface area contributed by atoms with E-state index in [1.54, 1.807) is 0 Å². The quantitative estimate of drug-likeness (QED) is 0.696. The van der Waals surface area contributed by atoms with Crippen LogP contribution in [0, 0.1) is 12.8 Å². The number of nitrogens with zero attached hydrogens (tertiary/aromatic N) is 2. The first kappa shape index (κ1) is 9.23. The van der Waals surface area contributed by atoms with Gasteiger partial charge in [0.05, 0.1) is 0 Å². The van der Waals surface area contributed by atoms with Crippen LogP contribution >= 0.6 is 0 Å². The van der Waals surface area contributed by atoms with E-state index in [2.05, 4.69) is 30.9 Å². The molecule has 0 aliphatic carbocycles. The minimum atomic E-state index is 0.409. The summed E-state index contributed by atoms with van der Waals surface area (Å²) in [6.07, 6.45) is 1.05. The zero-order valence-corrected chi connectivity index (χ0v) is 8.16. The molecule has 0 radical (unpaired) electrons. The predicted molar refractivity (Wildman–Crippen MR) is 46.9 cm³/mol. The molecule has 1 aromatic rings. The molecule has 0 bridgehead atoms. The Morgan fingerprint density at radius 2 is 2.08 bits per heavy atom. The smallest absolute Gasteiger partial charge is 0.229 e. The van der Waals surface area contributed by atoms with Crippen molar-refractivity contribution in [3.8, 4) is 0 Å². The zero-order valence-electron chi connectivity index (χ0n) is 8.16. The highest BCUT2D eigenvalue weighted by Crippen LogP contribution is 2.25. The summed E-state index contributed by atoms with van der Waals surface area (Å²) in [7, 11) is 0. The normalized spacial score (nSPS) is 13.8. The average Bonchev–Trinajstić information content (AvgIpc) is 2.37. The van der Waals surface area contributed by atoms with Crippen molar-refractivity contribution in [1.29, 1.82) is 0 Å². The lowest BCUT2D eigenvalue weighted by molar-refractivity contribution is 0.315. The number of aromatic nitrogens is 2. The third-order valence-corrected chi connectivity index (χ3v) is 2.11. The van der Waals surface area contributed by atoms with Gasteiger partial charge in [0, 0.05) is 5.92 Å². The maximum atomic E-state index is 5.12. The summed E-state index contributed by atoms with van der Waals surface area (Å²) in [5.74, 6) is 2.48. The van der Waals surface area contributed by atoms with E-state index in [0.717, 1.165) is 18.1 Å². The lowest BCUT2D eigenvalue weighted by Gasteiger charge is -2.13. The molecule has 1 rings (SSSR count). The molecule has 0 N–H and O–H groups in total. The maximum absolute atomic E-state index is 5.12. The van der Waals surface area contributed by atoms with Gasteiger partial charge in [0.1, 0.15) is 0 Å². The molecule has 1 heterocycles. The van der Waals surface area contributed by atoms with Gasteiger partial charge in [0.15, 0.2) is 5.82 Å². The summed E-state index contributed by atoms with van der Waals surface area (Å²) in [6, 6.07) is 0. The van der Waals surface area contributed by atoms with Crippen molar-refractivity contribution in [3.05, 3.63) is 11.7 Å². The van der Waals surface area contributed by atoms with Gasteiger partial charge in [0.25, 0.3) is 0 Å². The molecule has 0 saturated carbocycles. The molecule has 0 aliphatic rings. The Balaban J connectivity index is 2.80. The number of rotatable bonds is 3. The van der Waals surface area contributed by atoms with Crippen molar-refractivity contribution in [3.63, 3.8) is 0 Å². The Bertz CT molecular complexity index is 242. The summed E-state index contributed by atoms with van der Waals surface area (Å²) < 4.78 is 5.12. The van der Waals surface area contributed by atoms with Crippen LogP contribution in [0.5, 0.6) is 0 Å². The fourth-order valence-electron chi connectivity index (χ4n) is 1.39. The molecule has 0 amide bonds. The van der Waals surface area contributed by atoms with Crippen LogP contribution in [0.4, 0.5) is 0 Å². The number of hydrogen-bond donors (Lipinski definition) is 0. The molecule has 0 aliphatic heterocycles. The molecule has 68 valence electrons. The predicted octanol–water partition coefficient (Wildman–Crippen LogP) is 2.53. The molecular formula is C9H16N2O. The Morgan fingerprint density at radius 1 is 1.42 bits per heavy atom. The molecule has 0 aromatic carbocycles. The lowest BCUT2D eigenvalue weighted by Crippen LogP contribution is -2.05. The van der Waals surface area contributed by atoms with Crippen molar-refractivity contribution < 1.29 is 4.52 Å². The van der Waals surface area contributed by atoms with E-state index in [4.69, 9.17) is 4.52 Å². The summed E-state index contributed by atoms with van der Waals surface area (Å²) >= 11 is 0. The van der Waals surface area contributed by atoms with E-state index in [9.17, 15) is 0 Å². The Labute approximate surface area is 73.2 Å². The van der Waals surface area contributed by atoms with E-state index in [1.165, 1.54) is 0 Å². The van der Waals surface area contributed by atoms with Gasteiger partial charge in [0.2, 0.25) is 5.89 Å². The topological polar surface area (TPSA) is 38.9 Å². The summed E-state index contributed by atoms with van der Waals surface area (Å²) in [5, 5.41) is 3.78. The maximum Gasteiger partial charge on any atom is 0.229 e. The van der Waals surface area contributed by atoms with Gasteiger partial charge in [-0.2, -0.15) is 4.98 Å². The van der Waals surface area contributed by atoms with Crippen LogP contribution in [0.1, 0.15) is 44.8 Å². The van der Waals surface area contributed by atoms with Crippen LogP contribution in [-0.2, 0) is 0 Å². The van der Waals surface area contributed by atoms with Crippen molar-refractivity contribution in [1.82, 2.24) is 10.1 Å². The molecule has 12 heavy (non-hydrogen) atoms. The average molecular weight is 168 g/mol. The van der Waals surface area contributed by atoms with E-state index in [-0.39, 0.29) is 0 Å². The molecule has 1 aromatic heterocycles. The molecule has 3 heteroatoms. The first-order chi connectivity index (χ1) is 5.65. The molecule has 0 unspecified atom stereocenters. The van der Waals surface area contributed by atoms with Gasteiger partial charge in [-0.25, -0.2) is 0 Å². The molecule has 0 fully saturated rings. The Hall–Kier alpha value is -0.860. The van der Waals surface area contributed by atoms with Crippen molar-refractivity contribution in [2.24, 2.45) is 5.92 Å². The van der Waals surface area contributed by atoms with Crippen molar-refractivity contribution in [2.75, 3.05) is 0 Å². The SMILES string of the molecule is CC[C@H](c1nc(C)no1)C(C)C. The van der Waals surface area contributed by atoms with Crippen LogP contribution in [-0.4, -0.2) is 10.1 Å². The van der Waals surface area contributed by atoms with E-state index >= 15 is 0 Å². The van der Waals surface area contributed by atoms with Gasteiger partial charge >= 0.3 is 0 Å². The number of aryl methyl sites for hydroxylation is 1. The lowest BCUT2D eigenvalue weighted by atomic mass is 9.93. The van der Waals surface area contributed by atoms with Crippen LogP contribution in [0.15, 0.2) is 4.52 Å². The summed E-state index contributed by atoms with van der Waals surface area (Å²) in [6.45, 7) is 8.34.